The second kappa shape index (κ2) is 7.27. The Kier molecular flexibility index (Phi) is 6.17. The van der Waals surface area contributed by atoms with Gasteiger partial charge < -0.3 is 18.9 Å². The van der Waals surface area contributed by atoms with Crippen molar-refractivity contribution in [2.45, 2.75) is 25.7 Å². The lowest BCUT2D eigenvalue weighted by Crippen LogP contribution is -2.20. The smallest absolute Gasteiger partial charge is 0.341 e. The van der Waals surface area contributed by atoms with Crippen LogP contribution in [0.5, 0.6) is 5.75 Å². The molecule has 0 unspecified atom stereocenters. The van der Waals surface area contributed by atoms with Crippen molar-refractivity contribution in [3.63, 3.8) is 0 Å². The molecule has 0 aromatic heterocycles. The summed E-state index contributed by atoms with van der Waals surface area (Å²) in [6, 6.07) is 4.77. The molecule has 0 saturated carbocycles. The van der Waals surface area contributed by atoms with E-state index in [0.717, 1.165) is 5.56 Å². The zero-order valence-corrected chi connectivity index (χ0v) is 14.5. The largest absolute Gasteiger partial charge is 0.507 e. The summed E-state index contributed by atoms with van der Waals surface area (Å²) >= 11 is 0. The van der Waals surface area contributed by atoms with Gasteiger partial charge in [-0.15, -0.1) is 0 Å². The number of carbonyl (C=O) groups excluding carboxylic acids is 1. The molecular weight excluding hydrogens is 307 g/mol. The summed E-state index contributed by atoms with van der Waals surface area (Å²) in [6.07, 6.45) is 0.777. The highest BCUT2D eigenvalue weighted by Crippen LogP contribution is 2.49. The molecule has 0 aliphatic heterocycles. The van der Waals surface area contributed by atoms with Crippen LogP contribution in [0.25, 0.3) is 0 Å². The minimum atomic E-state index is -3.09. The second-order valence-corrected chi connectivity index (χ2v) is 7.96. The van der Waals surface area contributed by atoms with Crippen LogP contribution in [0.1, 0.15) is 36.2 Å². The molecular formula is C15H23O6P. The van der Waals surface area contributed by atoms with Crippen molar-refractivity contribution in [1.82, 2.24) is 0 Å². The number of hydrogen-bond acceptors (Lipinski definition) is 6. The van der Waals surface area contributed by atoms with E-state index in [1.807, 2.05) is 13.8 Å². The standard InChI is InChI=1S/C15H23O6P/c1-15(2,8-9-22(18,20-4)21-5)11-6-7-13(16)12(10-11)14(17)19-3/h6-7,10,16H,8-9H2,1-5H3. The number of ether oxygens (including phenoxy) is 1. The van der Waals surface area contributed by atoms with Crippen LogP contribution in [-0.2, 0) is 23.8 Å². The predicted octanol–water partition coefficient (Wildman–Crippen LogP) is 3.33. The monoisotopic (exact) mass is 330 g/mol. The molecule has 0 aliphatic carbocycles. The maximum atomic E-state index is 12.1. The molecule has 0 heterocycles. The fourth-order valence-electron chi connectivity index (χ4n) is 2.05. The second-order valence-electron chi connectivity index (χ2n) is 5.56. The molecule has 22 heavy (non-hydrogen) atoms. The van der Waals surface area contributed by atoms with Crippen LogP contribution in [0.2, 0.25) is 0 Å². The van der Waals surface area contributed by atoms with Gasteiger partial charge >= 0.3 is 13.6 Å². The molecule has 0 bridgehead atoms. The third kappa shape index (κ3) is 4.32. The van der Waals surface area contributed by atoms with Crippen LogP contribution >= 0.6 is 7.60 Å². The third-order valence-corrected chi connectivity index (χ3v) is 5.63. The van der Waals surface area contributed by atoms with Crippen LogP contribution in [0, 0.1) is 0 Å². The first-order valence-electron chi connectivity index (χ1n) is 6.81. The highest BCUT2D eigenvalue weighted by Gasteiger charge is 2.29. The summed E-state index contributed by atoms with van der Waals surface area (Å²) in [5.74, 6) is -0.736. The van der Waals surface area contributed by atoms with Gasteiger partial charge in [0.05, 0.1) is 13.3 Å². The van der Waals surface area contributed by atoms with Crippen molar-refractivity contribution >= 4 is 13.6 Å². The van der Waals surface area contributed by atoms with E-state index in [9.17, 15) is 14.5 Å². The average Bonchev–Trinajstić information content (AvgIpc) is 2.52. The minimum absolute atomic E-state index is 0.106. The molecule has 0 saturated heterocycles. The number of esters is 1. The van der Waals surface area contributed by atoms with Gasteiger partial charge in [0.2, 0.25) is 0 Å². The van der Waals surface area contributed by atoms with Gasteiger partial charge in [-0.25, -0.2) is 4.79 Å². The Balaban J connectivity index is 3.03. The molecule has 124 valence electrons. The minimum Gasteiger partial charge on any atom is -0.507 e. The van der Waals surface area contributed by atoms with Gasteiger partial charge in [-0.3, -0.25) is 4.57 Å². The third-order valence-electron chi connectivity index (χ3n) is 3.75. The van der Waals surface area contributed by atoms with Crippen molar-refractivity contribution in [2.75, 3.05) is 27.5 Å². The number of phenols is 1. The number of carbonyl (C=O) groups is 1. The first-order valence-corrected chi connectivity index (χ1v) is 8.54. The Bertz CT molecular complexity index is 573. The lowest BCUT2D eigenvalue weighted by atomic mass is 9.81. The molecule has 0 atom stereocenters. The number of hydrogen-bond donors (Lipinski definition) is 1. The van der Waals surface area contributed by atoms with E-state index >= 15 is 0 Å². The molecule has 6 nitrogen and oxygen atoms in total. The molecule has 7 heteroatoms. The van der Waals surface area contributed by atoms with E-state index in [-0.39, 0.29) is 22.9 Å². The molecule has 1 N–H and O–H groups in total. The zero-order chi connectivity index (χ0) is 17.0. The Morgan fingerprint density at radius 2 is 1.82 bits per heavy atom. The van der Waals surface area contributed by atoms with Gasteiger partial charge in [0.25, 0.3) is 0 Å². The maximum absolute atomic E-state index is 12.1. The number of methoxy groups -OCH3 is 1. The Labute approximate surface area is 130 Å². The first kappa shape index (κ1) is 18.7. The van der Waals surface area contributed by atoms with Crippen LogP contribution in [0.3, 0.4) is 0 Å². The summed E-state index contributed by atoms with van der Waals surface area (Å²) in [7, 11) is 0.880. The van der Waals surface area contributed by atoms with E-state index < -0.39 is 13.6 Å². The van der Waals surface area contributed by atoms with Gasteiger partial charge in [-0.2, -0.15) is 0 Å². The van der Waals surface area contributed by atoms with E-state index in [0.29, 0.717) is 6.42 Å². The fourth-order valence-corrected chi connectivity index (χ4v) is 3.40. The van der Waals surface area contributed by atoms with Crippen molar-refractivity contribution in [2.24, 2.45) is 0 Å². The van der Waals surface area contributed by atoms with E-state index in [2.05, 4.69) is 4.74 Å². The summed E-state index contributed by atoms with van der Waals surface area (Å²) in [6.45, 7) is 3.91. The van der Waals surface area contributed by atoms with Crippen molar-refractivity contribution in [3.05, 3.63) is 29.3 Å². The van der Waals surface area contributed by atoms with Crippen LogP contribution in [0.15, 0.2) is 18.2 Å². The quantitative estimate of drug-likeness (QED) is 0.610. The highest BCUT2D eigenvalue weighted by atomic mass is 31.2. The Morgan fingerprint density at radius 1 is 1.23 bits per heavy atom. The number of rotatable bonds is 7. The van der Waals surface area contributed by atoms with Gasteiger partial charge in [0.15, 0.2) is 0 Å². The summed E-state index contributed by atoms with van der Waals surface area (Å²) in [5.41, 5.74) is 0.544. The van der Waals surface area contributed by atoms with Crippen molar-refractivity contribution < 1.29 is 28.3 Å². The maximum Gasteiger partial charge on any atom is 0.341 e. The summed E-state index contributed by atoms with van der Waals surface area (Å²) in [5, 5.41) is 9.75. The molecule has 1 aromatic carbocycles. The predicted molar refractivity (Wildman–Crippen MR) is 83.6 cm³/mol. The summed E-state index contributed by atoms with van der Waals surface area (Å²) in [4.78, 5) is 11.7. The molecule has 0 radical (unpaired) electrons. The zero-order valence-electron chi connectivity index (χ0n) is 13.6. The highest BCUT2D eigenvalue weighted by molar-refractivity contribution is 7.53. The number of phenolic OH excluding ortho intramolecular Hbond substituents is 1. The van der Waals surface area contributed by atoms with Crippen molar-refractivity contribution in [3.8, 4) is 5.75 Å². The first-order chi connectivity index (χ1) is 10.2. The normalized spacial score (nSPS) is 12.2. The molecule has 1 aromatic rings. The van der Waals surface area contributed by atoms with Gasteiger partial charge in [-0.05, 0) is 29.5 Å². The van der Waals surface area contributed by atoms with Gasteiger partial charge in [0.1, 0.15) is 11.3 Å². The van der Waals surface area contributed by atoms with Crippen LogP contribution in [0.4, 0.5) is 0 Å². The molecule has 0 spiro atoms. The Hall–Kier alpha value is -1.36. The lowest BCUT2D eigenvalue weighted by Gasteiger charge is -2.27. The van der Waals surface area contributed by atoms with Gasteiger partial charge in [-0.1, -0.05) is 19.9 Å². The number of benzene rings is 1. The number of aromatic hydroxyl groups is 1. The Morgan fingerprint density at radius 3 is 2.32 bits per heavy atom. The molecule has 0 amide bonds. The molecule has 0 fully saturated rings. The van der Waals surface area contributed by atoms with E-state index in [1.165, 1.54) is 27.4 Å². The summed E-state index contributed by atoms with van der Waals surface area (Å²) < 4.78 is 26.7. The van der Waals surface area contributed by atoms with Crippen LogP contribution in [-0.4, -0.2) is 38.6 Å². The fraction of sp³-hybridized carbons (Fsp3) is 0.533. The van der Waals surface area contributed by atoms with Gasteiger partial charge in [0, 0.05) is 14.2 Å². The van der Waals surface area contributed by atoms with Crippen molar-refractivity contribution in [1.29, 1.82) is 0 Å². The molecule has 0 aliphatic rings. The van der Waals surface area contributed by atoms with E-state index in [1.54, 1.807) is 12.1 Å². The average molecular weight is 330 g/mol. The van der Waals surface area contributed by atoms with E-state index in [4.69, 9.17) is 9.05 Å². The topological polar surface area (TPSA) is 82.1 Å². The SMILES string of the molecule is COC(=O)c1cc(C(C)(C)CCP(=O)(OC)OC)ccc1O. The lowest BCUT2D eigenvalue weighted by molar-refractivity contribution is 0.0597. The van der Waals surface area contributed by atoms with Crippen LogP contribution < -0.4 is 0 Å². The molecule has 1 rings (SSSR count).